The van der Waals surface area contributed by atoms with Gasteiger partial charge in [-0.15, -0.1) is 0 Å². The molecule has 0 spiro atoms. The first-order chi connectivity index (χ1) is 13.8. The van der Waals surface area contributed by atoms with Gasteiger partial charge in [0.15, 0.2) is 0 Å². The summed E-state index contributed by atoms with van der Waals surface area (Å²) in [7, 11) is -3.69. The van der Waals surface area contributed by atoms with E-state index in [1.54, 1.807) is 36.4 Å². The number of amidine groups is 3. The first kappa shape index (κ1) is 19.6. The van der Waals surface area contributed by atoms with E-state index in [1.165, 1.54) is 13.0 Å². The van der Waals surface area contributed by atoms with Gasteiger partial charge in [-0.1, -0.05) is 18.5 Å². The number of rotatable bonds is 3. The van der Waals surface area contributed by atoms with Gasteiger partial charge >= 0.3 is 0 Å². The highest BCUT2D eigenvalue weighted by Crippen LogP contribution is 2.31. The molecule has 1 aromatic heterocycles. The predicted molar refractivity (Wildman–Crippen MR) is 114 cm³/mol. The average molecular weight is 449 g/mol. The summed E-state index contributed by atoms with van der Waals surface area (Å²) in [4.78, 5) is 17.3. The molecular formula is C18H13ClN4O4S2. The van der Waals surface area contributed by atoms with Crippen molar-refractivity contribution in [2.24, 2.45) is 9.39 Å². The van der Waals surface area contributed by atoms with Gasteiger partial charge in [0.1, 0.15) is 17.4 Å². The van der Waals surface area contributed by atoms with E-state index in [0.29, 0.717) is 16.5 Å². The number of carbonyl (C=O) groups is 1. The van der Waals surface area contributed by atoms with Gasteiger partial charge in [-0.05, 0) is 42.5 Å². The molecule has 0 saturated heterocycles. The Balaban J connectivity index is 1.68. The highest BCUT2D eigenvalue weighted by Gasteiger charge is 2.42. The van der Waals surface area contributed by atoms with E-state index in [1.807, 2.05) is 0 Å². The molecule has 0 unspecified atom stereocenters. The lowest BCUT2D eigenvalue weighted by Gasteiger charge is -2.24. The second kappa shape index (κ2) is 7.29. The Hall–Kier alpha value is -2.69. The van der Waals surface area contributed by atoms with Gasteiger partial charge < -0.3 is 4.42 Å². The Morgan fingerprint density at radius 1 is 1.24 bits per heavy atom. The third-order valence-electron chi connectivity index (χ3n) is 4.19. The Kier molecular flexibility index (Phi) is 4.93. The number of halogens is 1. The van der Waals surface area contributed by atoms with E-state index in [4.69, 9.17) is 21.4 Å². The minimum Gasteiger partial charge on any atom is -0.457 e. The third kappa shape index (κ3) is 3.54. The molecule has 2 aliphatic rings. The Labute approximate surface area is 175 Å². The molecule has 0 bridgehead atoms. The summed E-state index contributed by atoms with van der Waals surface area (Å²) in [5.41, 5.74) is 0.705. The maximum atomic E-state index is 12.4. The van der Waals surface area contributed by atoms with Crippen LogP contribution in [0, 0.1) is 5.41 Å². The van der Waals surface area contributed by atoms with Crippen LogP contribution in [-0.4, -0.2) is 41.1 Å². The number of aliphatic imine (C=N–C) groups is 1. The minimum atomic E-state index is -3.69. The number of fused-ring (bicyclic) bond motifs is 1. The molecule has 0 radical (unpaired) electrons. The van der Waals surface area contributed by atoms with Crippen LogP contribution in [0.1, 0.15) is 12.7 Å². The van der Waals surface area contributed by atoms with Crippen LogP contribution < -0.4 is 0 Å². The molecule has 29 heavy (non-hydrogen) atoms. The highest BCUT2D eigenvalue weighted by molar-refractivity contribution is 8.16. The molecule has 1 amide bonds. The van der Waals surface area contributed by atoms with Crippen molar-refractivity contribution >= 4 is 61.5 Å². The van der Waals surface area contributed by atoms with Crippen molar-refractivity contribution in [3.63, 3.8) is 0 Å². The number of sulfone groups is 1. The van der Waals surface area contributed by atoms with E-state index < -0.39 is 15.7 Å². The van der Waals surface area contributed by atoms with Gasteiger partial charge in [-0.2, -0.15) is 9.39 Å². The van der Waals surface area contributed by atoms with Crippen LogP contribution >= 0.6 is 23.5 Å². The first-order valence-corrected chi connectivity index (χ1v) is 11.2. The van der Waals surface area contributed by atoms with Gasteiger partial charge in [-0.3, -0.25) is 10.2 Å². The normalized spacial score (nSPS) is 18.1. The number of hydrogen-bond acceptors (Lipinski definition) is 7. The Bertz CT molecular complexity index is 1230. The molecule has 4 rings (SSSR count). The zero-order valence-corrected chi connectivity index (χ0v) is 17.3. The standard InChI is InChI=1S/C18H13ClN4O4S2/c1-2-29(25,26)18-22-28-17-21-16(24)13(15(20)23(17)18)9-12-7-8-14(27-12)10-3-5-11(19)6-4-10/h3-9,20H,2H2,1H3/b13-9-,20-15?. The first-order valence-electron chi connectivity index (χ1n) is 8.37. The monoisotopic (exact) mass is 448 g/mol. The lowest BCUT2D eigenvalue weighted by atomic mass is 10.1. The molecule has 1 N–H and O–H groups in total. The summed E-state index contributed by atoms with van der Waals surface area (Å²) in [5.74, 6) is -0.279. The quantitative estimate of drug-likeness (QED) is 0.566. The van der Waals surface area contributed by atoms with Crippen molar-refractivity contribution < 1.29 is 17.6 Å². The SMILES string of the molecule is CCS(=O)(=O)C1=NSC2=NC(=O)/C(=C\c3ccc(-c4ccc(Cl)cc4)o3)C(=N)N21. The topological polar surface area (TPSA) is 116 Å². The summed E-state index contributed by atoms with van der Waals surface area (Å²) in [5, 5.41) is 8.72. The van der Waals surface area contributed by atoms with E-state index in [2.05, 4.69) is 9.39 Å². The fraction of sp³-hybridized carbons (Fsp3) is 0.111. The zero-order valence-electron chi connectivity index (χ0n) is 14.9. The van der Waals surface area contributed by atoms with Gasteiger partial charge in [0.25, 0.3) is 5.91 Å². The van der Waals surface area contributed by atoms with Crippen molar-refractivity contribution in [3.05, 3.63) is 52.8 Å². The molecule has 0 saturated carbocycles. The van der Waals surface area contributed by atoms with Crippen LogP contribution in [0.4, 0.5) is 0 Å². The van der Waals surface area contributed by atoms with Crippen LogP contribution in [0.3, 0.4) is 0 Å². The van der Waals surface area contributed by atoms with Crippen LogP contribution in [0.2, 0.25) is 5.02 Å². The number of hydrogen-bond donors (Lipinski definition) is 1. The van der Waals surface area contributed by atoms with Crippen LogP contribution in [-0.2, 0) is 14.6 Å². The van der Waals surface area contributed by atoms with Crippen molar-refractivity contribution in [3.8, 4) is 11.3 Å². The van der Waals surface area contributed by atoms with Crippen LogP contribution in [0.5, 0.6) is 0 Å². The van der Waals surface area contributed by atoms with Gasteiger partial charge in [0, 0.05) is 10.6 Å². The second-order valence-corrected chi connectivity index (χ2v) is 9.36. The Morgan fingerprint density at radius 3 is 2.66 bits per heavy atom. The number of benzene rings is 1. The molecule has 1 aromatic carbocycles. The summed E-state index contributed by atoms with van der Waals surface area (Å²) in [6.07, 6.45) is 1.36. The third-order valence-corrected chi connectivity index (χ3v) is 6.85. The van der Waals surface area contributed by atoms with Gasteiger partial charge in [0.05, 0.1) is 23.3 Å². The van der Waals surface area contributed by atoms with E-state index in [0.717, 1.165) is 22.4 Å². The second-order valence-electron chi connectivity index (χ2n) is 6.02. The van der Waals surface area contributed by atoms with Gasteiger partial charge in [-0.25, -0.2) is 13.3 Å². The van der Waals surface area contributed by atoms with Crippen LogP contribution in [0.25, 0.3) is 17.4 Å². The maximum Gasteiger partial charge on any atom is 0.283 e. The summed E-state index contributed by atoms with van der Waals surface area (Å²) in [6, 6.07) is 10.4. The molecule has 148 valence electrons. The lowest BCUT2D eigenvalue weighted by molar-refractivity contribution is -0.114. The summed E-state index contributed by atoms with van der Waals surface area (Å²) >= 11 is 6.65. The summed E-state index contributed by atoms with van der Waals surface area (Å²) < 4.78 is 34.2. The number of furan rings is 1. The molecule has 8 nitrogen and oxygen atoms in total. The van der Waals surface area contributed by atoms with E-state index in [-0.39, 0.29) is 27.5 Å². The molecule has 3 heterocycles. The molecule has 0 atom stereocenters. The number of nitrogens with zero attached hydrogens (tertiary/aromatic N) is 3. The molecular weight excluding hydrogens is 436 g/mol. The molecule has 0 fully saturated rings. The molecule has 11 heteroatoms. The van der Waals surface area contributed by atoms with E-state index in [9.17, 15) is 13.2 Å². The van der Waals surface area contributed by atoms with Crippen molar-refractivity contribution in [2.75, 3.05) is 5.75 Å². The number of carbonyl (C=O) groups excluding carboxylic acids is 1. The fourth-order valence-electron chi connectivity index (χ4n) is 2.67. The van der Waals surface area contributed by atoms with Crippen LogP contribution in [0.15, 0.2) is 55.8 Å². The van der Waals surface area contributed by atoms with E-state index >= 15 is 0 Å². The highest BCUT2D eigenvalue weighted by atomic mass is 35.5. The largest absolute Gasteiger partial charge is 0.457 e. The maximum absolute atomic E-state index is 12.4. The minimum absolute atomic E-state index is 0.0467. The molecule has 2 aromatic rings. The number of nitrogens with one attached hydrogen (secondary N) is 1. The smallest absolute Gasteiger partial charge is 0.283 e. The lowest BCUT2D eigenvalue weighted by Crippen LogP contribution is -2.45. The summed E-state index contributed by atoms with van der Waals surface area (Å²) in [6.45, 7) is 1.48. The van der Waals surface area contributed by atoms with Gasteiger partial charge in [0.2, 0.25) is 20.2 Å². The molecule has 0 aliphatic carbocycles. The van der Waals surface area contributed by atoms with Crippen molar-refractivity contribution in [2.45, 2.75) is 6.92 Å². The number of amides is 1. The molecule has 2 aliphatic heterocycles. The average Bonchev–Trinajstić information content (AvgIpc) is 3.33. The fourth-order valence-corrected chi connectivity index (χ4v) is 4.76. The zero-order chi connectivity index (χ0) is 20.8. The predicted octanol–water partition coefficient (Wildman–Crippen LogP) is 3.61. The Morgan fingerprint density at radius 2 is 1.97 bits per heavy atom. The van der Waals surface area contributed by atoms with Crippen molar-refractivity contribution in [1.82, 2.24) is 4.90 Å². The van der Waals surface area contributed by atoms with Crippen molar-refractivity contribution in [1.29, 1.82) is 5.41 Å².